The number of hydrogen-bond acceptors (Lipinski definition) is 6. The van der Waals surface area contributed by atoms with E-state index >= 15 is 0 Å². The van der Waals surface area contributed by atoms with Crippen molar-refractivity contribution in [3.05, 3.63) is 50.5 Å². The quantitative estimate of drug-likeness (QED) is 0.612. The minimum Gasteiger partial charge on any atom is -0.484 e. The van der Waals surface area contributed by atoms with Crippen molar-refractivity contribution in [2.45, 2.75) is 32.7 Å². The third kappa shape index (κ3) is 4.29. The standard InChI is InChI=1S/C16H19N3O4S/c1-4-16(3,15-17-11(2)10-24-15)18-14(20)9-23-13-7-5-6-12(8-13)19(21)22/h5-8,10H,4,9H2,1-3H3,(H,18,20)/t16-/m1/s1. The smallest absolute Gasteiger partial charge is 0.273 e. The number of nitrogens with one attached hydrogen (secondary N) is 1. The van der Waals surface area contributed by atoms with Crippen LogP contribution in [0.15, 0.2) is 29.6 Å². The highest BCUT2D eigenvalue weighted by molar-refractivity contribution is 7.09. The van der Waals surface area contributed by atoms with Crippen molar-refractivity contribution in [3.63, 3.8) is 0 Å². The molecule has 0 saturated carbocycles. The van der Waals surface area contributed by atoms with Gasteiger partial charge in [-0.15, -0.1) is 11.3 Å². The number of nitrogens with zero attached hydrogens (tertiary/aromatic N) is 2. The van der Waals surface area contributed by atoms with Crippen LogP contribution in [-0.2, 0) is 10.3 Å². The Labute approximate surface area is 143 Å². The number of benzene rings is 1. The summed E-state index contributed by atoms with van der Waals surface area (Å²) >= 11 is 1.50. The van der Waals surface area contributed by atoms with Crippen LogP contribution in [-0.4, -0.2) is 22.4 Å². The van der Waals surface area contributed by atoms with E-state index in [1.54, 1.807) is 6.07 Å². The molecule has 0 aliphatic carbocycles. The van der Waals surface area contributed by atoms with Crippen molar-refractivity contribution < 1.29 is 14.5 Å². The molecule has 1 N–H and O–H groups in total. The van der Waals surface area contributed by atoms with E-state index in [2.05, 4.69) is 10.3 Å². The van der Waals surface area contributed by atoms with Crippen LogP contribution in [0.1, 0.15) is 31.0 Å². The van der Waals surface area contributed by atoms with Gasteiger partial charge in [-0.2, -0.15) is 0 Å². The zero-order valence-corrected chi connectivity index (χ0v) is 14.6. The van der Waals surface area contributed by atoms with Gasteiger partial charge >= 0.3 is 0 Å². The minimum atomic E-state index is -0.567. The van der Waals surface area contributed by atoms with E-state index in [1.165, 1.54) is 29.5 Å². The summed E-state index contributed by atoms with van der Waals surface area (Å²) in [4.78, 5) is 26.9. The van der Waals surface area contributed by atoms with E-state index in [1.807, 2.05) is 26.2 Å². The van der Waals surface area contributed by atoms with E-state index < -0.39 is 10.5 Å². The zero-order chi connectivity index (χ0) is 17.7. The first kappa shape index (κ1) is 17.9. The molecule has 0 bridgehead atoms. The Morgan fingerprint density at radius 1 is 1.50 bits per heavy atom. The Bertz CT molecular complexity index is 746. The molecular weight excluding hydrogens is 330 g/mol. The van der Waals surface area contributed by atoms with E-state index in [9.17, 15) is 14.9 Å². The number of non-ortho nitro benzene ring substituents is 1. The molecule has 0 aliphatic rings. The Hall–Kier alpha value is -2.48. The number of hydrogen-bond donors (Lipinski definition) is 1. The molecule has 1 atom stereocenters. The zero-order valence-electron chi connectivity index (χ0n) is 13.7. The van der Waals surface area contributed by atoms with Crippen molar-refractivity contribution in [1.29, 1.82) is 0 Å². The fourth-order valence-corrected chi connectivity index (χ4v) is 3.07. The fourth-order valence-electron chi connectivity index (χ4n) is 2.08. The Kier molecular flexibility index (Phi) is 5.50. The van der Waals surface area contributed by atoms with Gasteiger partial charge in [-0.25, -0.2) is 4.98 Å². The van der Waals surface area contributed by atoms with Gasteiger partial charge in [0.05, 0.1) is 16.5 Å². The number of nitro groups is 1. The first-order valence-electron chi connectivity index (χ1n) is 7.45. The molecule has 0 radical (unpaired) electrons. The van der Waals surface area contributed by atoms with Crippen molar-refractivity contribution in [1.82, 2.24) is 10.3 Å². The maximum absolute atomic E-state index is 12.2. The molecule has 2 aromatic rings. The van der Waals surface area contributed by atoms with E-state index in [0.29, 0.717) is 6.42 Å². The fraction of sp³-hybridized carbons (Fsp3) is 0.375. The predicted molar refractivity (Wildman–Crippen MR) is 91.2 cm³/mol. The third-order valence-corrected chi connectivity index (χ3v) is 4.84. The first-order chi connectivity index (χ1) is 11.3. The van der Waals surface area contributed by atoms with Crippen LogP contribution in [0.25, 0.3) is 0 Å². The summed E-state index contributed by atoms with van der Waals surface area (Å²) in [7, 11) is 0. The lowest BCUT2D eigenvalue weighted by atomic mass is 10.00. The van der Waals surface area contributed by atoms with Gasteiger partial charge in [0.1, 0.15) is 10.8 Å². The molecule has 1 amide bonds. The molecule has 0 aliphatic heterocycles. The molecular formula is C16H19N3O4S. The highest BCUT2D eigenvalue weighted by Gasteiger charge is 2.29. The Morgan fingerprint density at radius 3 is 2.83 bits per heavy atom. The molecule has 1 aromatic carbocycles. The van der Waals surface area contributed by atoms with Crippen LogP contribution in [0.4, 0.5) is 5.69 Å². The number of carbonyl (C=O) groups excluding carboxylic acids is 1. The van der Waals surface area contributed by atoms with Gasteiger partial charge < -0.3 is 10.1 Å². The van der Waals surface area contributed by atoms with Crippen LogP contribution in [0.3, 0.4) is 0 Å². The molecule has 1 heterocycles. The number of aromatic nitrogens is 1. The SMILES string of the molecule is CC[C@@](C)(NC(=O)COc1cccc([N+](=O)[O-])c1)c1nc(C)cs1. The highest BCUT2D eigenvalue weighted by Crippen LogP contribution is 2.27. The van der Waals surface area contributed by atoms with Gasteiger partial charge in [0.25, 0.3) is 11.6 Å². The molecule has 0 spiro atoms. The van der Waals surface area contributed by atoms with Crippen molar-refractivity contribution in [3.8, 4) is 5.75 Å². The summed E-state index contributed by atoms with van der Waals surface area (Å²) in [5, 5.41) is 16.5. The van der Waals surface area contributed by atoms with Crippen LogP contribution >= 0.6 is 11.3 Å². The summed E-state index contributed by atoms with van der Waals surface area (Å²) in [5.41, 5.74) is 0.267. The van der Waals surface area contributed by atoms with Crippen LogP contribution < -0.4 is 10.1 Å². The van der Waals surface area contributed by atoms with Gasteiger partial charge in [-0.3, -0.25) is 14.9 Å². The number of rotatable bonds is 7. The average molecular weight is 349 g/mol. The van der Waals surface area contributed by atoms with Gasteiger partial charge in [0.2, 0.25) is 0 Å². The van der Waals surface area contributed by atoms with Crippen molar-refractivity contribution in [2.75, 3.05) is 6.61 Å². The van der Waals surface area contributed by atoms with Crippen molar-refractivity contribution >= 4 is 22.9 Å². The number of thiazole rings is 1. The molecule has 128 valence electrons. The lowest BCUT2D eigenvalue weighted by molar-refractivity contribution is -0.384. The molecule has 0 unspecified atom stereocenters. The Balaban J connectivity index is 1.99. The van der Waals surface area contributed by atoms with Crippen molar-refractivity contribution in [2.24, 2.45) is 0 Å². The normalized spacial score (nSPS) is 13.1. The number of ether oxygens (including phenoxy) is 1. The lowest BCUT2D eigenvalue weighted by Gasteiger charge is -2.27. The number of carbonyl (C=O) groups is 1. The summed E-state index contributed by atoms with van der Waals surface area (Å²) in [6, 6.07) is 5.74. The van der Waals surface area contributed by atoms with Gasteiger partial charge in [-0.1, -0.05) is 13.0 Å². The van der Waals surface area contributed by atoms with Crippen LogP contribution in [0.5, 0.6) is 5.75 Å². The molecule has 0 saturated heterocycles. The summed E-state index contributed by atoms with van der Waals surface area (Å²) in [6.45, 7) is 5.57. The predicted octanol–water partition coefficient (Wildman–Crippen LogP) is 3.18. The van der Waals surface area contributed by atoms with Crippen LogP contribution in [0.2, 0.25) is 0 Å². The monoisotopic (exact) mass is 349 g/mol. The second-order valence-electron chi connectivity index (χ2n) is 5.57. The lowest BCUT2D eigenvalue weighted by Crippen LogP contribution is -2.45. The number of nitro benzene ring substituents is 1. The van der Waals surface area contributed by atoms with Gasteiger partial charge in [0.15, 0.2) is 6.61 Å². The molecule has 0 fully saturated rings. The summed E-state index contributed by atoms with van der Waals surface area (Å²) in [6.07, 6.45) is 0.683. The van der Waals surface area contributed by atoms with E-state index in [-0.39, 0.29) is 24.0 Å². The molecule has 1 aromatic heterocycles. The molecule has 8 heteroatoms. The minimum absolute atomic E-state index is 0.0791. The highest BCUT2D eigenvalue weighted by atomic mass is 32.1. The maximum Gasteiger partial charge on any atom is 0.273 e. The molecule has 2 rings (SSSR count). The Morgan fingerprint density at radius 2 is 2.25 bits per heavy atom. The maximum atomic E-state index is 12.2. The average Bonchev–Trinajstić information content (AvgIpc) is 3.00. The largest absolute Gasteiger partial charge is 0.484 e. The molecule has 7 nitrogen and oxygen atoms in total. The summed E-state index contributed by atoms with van der Waals surface area (Å²) in [5.74, 6) is -0.0265. The first-order valence-corrected chi connectivity index (χ1v) is 8.33. The topological polar surface area (TPSA) is 94.4 Å². The second kappa shape index (κ2) is 7.39. The van der Waals surface area contributed by atoms with Crippen LogP contribution in [0, 0.1) is 17.0 Å². The number of amides is 1. The van der Waals surface area contributed by atoms with E-state index in [0.717, 1.165) is 10.7 Å². The summed E-state index contributed by atoms with van der Waals surface area (Å²) < 4.78 is 5.36. The second-order valence-corrected chi connectivity index (χ2v) is 6.43. The third-order valence-electron chi connectivity index (χ3n) is 3.61. The van der Waals surface area contributed by atoms with E-state index in [4.69, 9.17) is 4.74 Å². The van der Waals surface area contributed by atoms with Gasteiger partial charge in [0, 0.05) is 17.1 Å². The molecule has 24 heavy (non-hydrogen) atoms. The van der Waals surface area contributed by atoms with Gasteiger partial charge in [-0.05, 0) is 26.3 Å². The number of aryl methyl sites for hydroxylation is 1.